The summed E-state index contributed by atoms with van der Waals surface area (Å²) in [5.74, 6) is -0.906. The number of aromatic nitrogens is 1. The van der Waals surface area contributed by atoms with E-state index in [1.807, 2.05) is 41.0 Å². The number of rotatable bonds is 4. The topological polar surface area (TPSA) is 31.2 Å². The van der Waals surface area contributed by atoms with Gasteiger partial charge in [-0.05, 0) is 24.6 Å². The highest BCUT2D eigenvalue weighted by Crippen LogP contribution is 2.26. The molecule has 0 aliphatic heterocycles. The van der Waals surface area contributed by atoms with Crippen molar-refractivity contribution >= 4 is 16.9 Å². The lowest BCUT2D eigenvalue weighted by Gasteiger charge is -2.05. The van der Waals surface area contributed by atoms with Crippen LogP contribution in [0.15, 0.2) is 54.7 Å². The van der Waals surface area contributed by atoms with Crippen molar-refractivity contribution in [3.63, 3.8) is 0 Å². The number of ether oxygens (including phenoxy) is 1. The van der Waals surface area contributed by atoms with E-state index >= 15 is 0 Å². The quantitative estimate of drug-likeness (QED) is 0.681. The van der Waals surface area contributed by atoms with Crippen LogP contribution in [-0.4, -0.2) is 17.1 Å². The van der Waals surface area contributed by atoms with E-state index < -0.39 is 11.8 Å². The third-order valence-corrected chi connectivity index (χ3v) is 3.55. The van der Waals surface area contributed by atoms with Gasteiger partial charge in [0, 0.05) is 18.1 Å². The van der Waals surface area contributed by atoms with Crippen LogP contribution in [0, 0.1) is 5.82 Å². The van der Waals surface area contributed by atoms with Crippen LogP contribution in [0.3, 0.4) is 0 Å². The van der Waals surface area contributed by atoms with Gasteiger partial charge in [-0.3, -0.25) is 0 Å². The molecule has 0 spiro atoms. The van der Waals surface area contributed by atoms with E-state index in [1.54, 1.807) is 19.2 Å². The molecule has 3 aromatic rings. The van der Waals surface area contributed by atoms with Crippen molar-refractivity contribution in [1.82, 2.24) is 4.57 Å². The summed E-state index contributed by atoms with van der Waals surface area (Å²) >= 11 is 0. The molecular formula is C18H16FNO2. The summed E-state index contributed by atoms with van der Waals surface area (Å²) in [7, 11) is 0. The fourth-order valence-corrected chi connectivity index (χ4v) is 2.58. The Kier molecular flexibility index (Phi) is 3.92. The largest absolute Gasteiger partial charge is 0.462 e. The molecule has 4 heteroatoms. The molecule has 0 amide bonds. The van der Waals surface area contributed by atoms with Gasteiger partial charge in [0.15, 0.2) is 0 Å². The Balaban J connectivity index is 2.11. The monoisotopic (exact) mass is 297 g/mol. The molecule has 0 aliphatic carbocycles. The first-order valence-corrected chi connectivity index (χ1v) is 7.19. The van der Waals surface area contributed by atoms with Crippen molar-refractivity contribution in [3.05, 3.63) is 71.7 Å². The van der Waals surface area contributed by atoms with Crippen molar-refractivity contribution in [2.24, 2.45) is 0 Å². The fourth-order valence-electron chi connectivity index (χ4n) is 2.58. The standard InChI is InChI=1S/C18H16FNO2/c1-2-22-18(21)14-12-20(11-13-7-4-3-5-8-13)16-10-6-9-15(19)17(14)16/h3-10,12H,2,11H2,1H3. The molecule has 1 heterocycles. The van der Waals surface area contributed by atoms with Crippen LogP contribution in [0.4, 0.5) is 4.39 Å². The summed E-state index contributed by atoms with van der Waals surface area (Å²) in [5.41, 5.74) is 2.04. The van der Waals surface area contributed by atoms with Crippen molar-refractivity contribution in [1.29, 1.82) is 0 Å². The van der Waals surface area contributed by atoms with E-state index in [0.29, 0.717) is 17.4 Å². The Morgan fingerprint density at radius 3 is 2.64 bits per heavy atom. The van der Waals surface area contributed by atoms with Crippen molar-refractivity contribution < 1.29 is 13.9 Å². The van der Waals surface area contributed by atoms with Gasteiger partial charge in [-0.25, -0.2) is 9.18 Å². The normalized spacial score (nSPS) is 10.8. The summed E-state index contributed by atoms with van der Waals surface area (Å²) in [6, 6.07) is 14.7. The number of nitrogens with zero attached hydrogens (tertiary/aromatic N) is 1. The molecule has 0 saturated heterocycles. The molecule has 0 bridgehead atoms. The maximum atomic E-state index is 14.2. The molecule has 3 rings (SSSR count). The van der Waals surface area contributed by atoms with Crippen LogP contribution in [-0.2, 0) is 11.3 Å². The zero-order valence-corrected chi connectivity index (χ0v) is 12.3. The third kappa shape index (κ3) is 2.60. The number of hydrogen-bond acceptors (Lipinski definition) is 2. The van der Waals surface area contributed by atoms with Gasteiger partial charge in [0.1, 0.15) is 5.82 Å². The SMILES string of the molecule is CCOC(=O)c1cn(Cc2ccccc2)c2cccc(F)c12. The number of benzene rings is 2. The van der Waals surface area contributed by atoms with Gasteiger partial charge in [0.25, 0.3) is 0 Å². The van der Waals surface area contributed by atoms with Gasteiger partial charge in [-0.2, -0.15) is 0 Å². The van der Waals surface area contributed by atoms with Crippen molar-refractivity contribution in [2.45, 2.75) is 13.5 Å². The van der Waals surface area contributed by atoms with Crippen LogP contribution in [0.5, 0.6) is 0 Å². The molecule has 0 fully saturated rings. The number of esters is 1. The Morgan fingerprint density at radius 2 is 1.91 bits per heavy atom. The molecule has 3 nitrogen and oxygen atoms in total. The molecule has 0 saturated carbocycles. The van der Waals surface area contributed by atoms with Crippen molar-refractivity contribution in [2.75, 3.05) is 6.61 Å². The van der Waals surface area contributed by atoms with Gasteiger partial charge in [0.05, 0.1) is 17.7 Å². The van der Waals surface area contributed by atoms with Crippen LogP contribution in [0.1, 0.15) is 22.8 Å². The highest BCUT2D eigenvalue weighted by Gasteiger charge is 2.19. The molecule has 0 aliphatic rings. The summed E-state index contributed by atoms with van der Waals surface area (Å²) in [6.07, 6.45) is 1.67. The molecule has 2 aromatic carbocycles. The zero-order chi connectivity index (χ0) is 15.5. The summed E-state index contributed by atoms with van der Waals surface area (Å²) in [6.45, 7) is 2.57. The van der Waals surface area contributed by atoms with Gasteiger partial charge in [-0.1, -0.05) is 36.4 Å². The second-order valence-electron chi connectivity index (χ2n) is 5.01. The molecule has 22 heavy (non-hydrogen) atoms. The Hall–Kier alpha value is -2.62. The highest BCUT2D eigenvalue weighted by atomic mass is 19.1. The number of hydrogen-bond donors (Lipinski definition) is 0. The van der Waals surface area contributed by atoms with E-state index in [9.17, 15) is 9.18 Å². The Morgan fingerprint density at radius 1 is 1.14 bits per heavy atom. The second kappa shape index (κ2) is 6.02. The molecule has 112 valence electrons. The van der Waals surface area contributed by atoms with Crippen LogP contribution >= 0.6 is 0 Å². The lowest BCUT2D eigenvalue weighted by Crippen LogP contribution is -2.04. The maximum Gasteiger partial charge on any atom is 0.340 e. The number of fused-ring (bicyclic) bond motifs is 1. The molecule has 1 aromatic heterocycles. The van der Waals surface area contributed by atoms with Crippen LogP contribution in [0.25, 0.3) is 10.9 Å². The second-order valence-corrected chi connectivity index (χ2v) is 5.01. The van der Waals surface area contributed by atoms with E-state index in [1.165, 1.54) is 6.07 Å². The maximum absolute atomic E-state index is 14.2. The minimum atomic E-state index is -0.496. The lowest BCUT2D eigenvalue weighted by atomic mass is 10.1. The minimum Gasteiger partial charge on any atom is -0.462 e. The van der Waals surface area contributed by atoms with E-state index in [0.717, 1.165) is 5.56 Å². The average Bonchev–Trinajstić information content (AvgIpc) is 2.89. The Labute approximate surface area is 127 Å². The predicted molar refractivity (Wildman–Crippen MR) is 83.4 cm³/mol. The van der Waals surface area contributed by atoms with Crippen LogP contribution in [0.2, 0.25) is 0 Å². The van der Waals surface area contributed by atoms with Gasteiger partial charge in [0.2, 0.25) is 0 Å². The summed E-state index contributed by atoms with van der Waals surface area (Å²) < 4.78 is 21.1. The number of halogens is 1. The smallest absolute Gasteiger partial charge is 0.340 e. The highest BCUT2D eigenvalue weighted by molar-refractivity contribution is 6.04. The van der Waals surface area contributed by atoms with Crippen molar-refractivity contribution in [3.8, 4) is 0 Å². The number of carbonyl (C=O) groups is 1. The number of carbonyl (C=O) groups excluding carboxylic acids is 1. The zero-order valence-electron chi connectivity index (χ0n) is 12.3. The fraction of sp³-hybridized carbons (Fsp3) is 0.167. The van der Waals surface area contributed by atoms with Crippen LogP contribution < -0.4 is 0 Å². The first-order chi connectivity index (χ1) is 10.7. The summed E-state index contributed by atoms with van der Waals surface area (Å²) in [4.78, 5) is 12.1. The van der Waals surface area contributed by atoms with Gasteiger partial charge >= 0.3 is 5.97 Å². The molecular weight excluding hydrogens is 281 g/mol. The minimum absolute atomic E-state index is 0.263. The molecule has 0 N–H and O–H groups in total. The first-order valence-electron chi connectivity index (χ1n) is 7.19. The average molecular weight is 297 g/mol. The first kappa shape index (κ1) is 14.3. The third-order valence-electron chi connectivity index (χ3n) is 3.55. The van der Waals surface area contributed by atoms with E-state index in [4.69, 9.17) is 4.74 Å². The van der Waals surface area contributed by atoms with E-state index in [2.05, 4.69) is 0 Å². The summed E-state index contributed by atoms with van der Waals surface area (Å²) in [5, 5.41) is 0.317. The molecule has 0 unspecified atom stereocenters. The molecule has 0 radical (unpaired) electrons. The predicted octanol–water partition coefficient (Wildman–Crippen LogP) is 4.01. The Bertz CT molecular complexity index is 809. The molecule has 0 atom stereocenters. The van der Waals surface area contributed by atoms with Gasteiger partial charge in [-0.15, -0.1) is 0 Å². The van der Waals surface area contributed by atoms with E-state index in [-0.39, 0.29) is 12.2 Å². The lowest BCUT2D eigenvalue weighted by molar-refractivity contribution is 0.0528. The van der Waals surface area contributed by atoms with Gasteiger partial charge < -0.3 is 9.30 Å².